The van der Waals surface area contributed by atoms with Gasteiger partial charge in [0.1, 0.15) is 0 Å². The van der Waals surface area contributed by atoms with E-state index in [1.54, 1.807) is 12.4 Å². The maximum absolute atomic E-state index is 6.33. The number of rotatable bonds is 3. The molecule has 0 aliphatic heterocycles. The topological polar surface area (TPSA) is 69.1 Å². The average molecular weight is 301 g/mol. The van der Waals surface area contributed by atoms with E-state index in [1.807, 2.05) is 65.3 Å². The van der Waals surface area contributed by atoms with Crippen LogP contribution in [0.4, 0.5) is 0 Å². The summed E-state index contributed by atoms with van der Waals surface area (Å²) >= 11 is 0. The van der Waals surface area contributed by atoms with Gasteiger partial charge in [-0.2, -0.15) is 5.10 Å². The number of imidazole rings is 1. The predicted octanol–water partition coefficient (Wildman–Crippen LogP) is 2.84. The van der Waals surface area contributed by atoms with E-state index < -0.39 is 0 Å². The Hall–Kier alpha value is -3.05. The molecule has 1 unspecified atom stereocenters. The van der Waals surface area contributed by atoms with E-state index in [4.69, 9.17) is 5.73 Å². The molecule has 3 aromatic heterocycles. The highest BCUT2D eigenvalue weighted by Crippen LogP contribution is 2.22. The van der Waals surface area contributed by atoms with Crippen molar-refractivity contribution in [3.8, 4) is 11.3 Å². The van der Waals surface area contributed by atoms with Crippen LogP contribution in [0.25, 0.3) is 16.9 Å². The average Bonchev–Trinajstić information content (AvgIpc) is 3.05. The van der Waals surface area contributed by atoms with Gasteiger partial charge in [-0.1, -0.05) is 36.4 Å². The summed E-state index contributed by atoms with van der Waals surface area (Å²) in [5.74, 6) is 0. The molecule has 4 aromatic rings. The maximum atomic E-state index is 6.33. The number of nitrogens with zero attached hydrogens (tertiary/aromatic N) is 4. The minimum absolute atomic E-state index is 0.320. The predicted molar refractivity (Wildman–Crippen MR) is 88.7 cm³/mol. The fraction of sp³-hybridized carbons (Fsp3) is 0.0556. The zero-order valence-corrected chi connectivity index (χ0v) is 12.4. The molecular formula is C18H15N5. The highest BCUT2D eigenvalue weighted by Gasteiger charge is 2.13. The summed E-state index contributed by atoms with van der Waals surface area (Å²) in [5.41, 5.74) is 10.8. The fourth-order valence-electron chi connectivity index (χ4n) is 2.59. The Labute approximate surface area is 133 Å². The molecular weight excluding hydrogens is 286 g/mol. The summed E-state index contributed by atoms with van der Waals surface area (Å²) in [7, 11) is 0. The third-order valence-corrected chi connectivity index (χ3v) is 3.81. The molecule has 1 atom stereocenters. The van der Waals surface area contributed by atoms with Gasteiger partial charge in [0, 0.05) is 18.0 Å². The van der Waals surface area contributed by atoms with Crippen molar-refractivity contribution in [3.63, 3.8) is 0 Å². The van der Waals surface area contributed by atoms with Crippen molar-refractivity contribution in [2.75, 3.05) is 0 Å². The molecule has 1 aromatic carbocycles. The summed E-state index contributed by atoms with van der Waals surface area (Å²) in [6, 6.07) is 17.4. The smallest absolute Gasteiger partial charge is 0.154 e. The van der Waals surface area contributed by atoms with Crippen LogP contribution in [0, 0.1) is 0 Å². The zero-order chi connectivity index (χ0) is 15.6. The quantitative estimate of drug-likeness (QED) is 0.632. The van der Waals surface area contributed by atoms with Crippen LogP contribution < -0.4 is 5.73 Å². The Balaban J connectivity index is 1.81. The first-order chi connectivity index (χ1) is 11.3. The fourth-order valence-corrected chi connectivity index (χ4v) is 2.59. The highest BCUT2D eigenvalue weighted by atomic mass is 15.3. The van der Waals surface area contributed by atoms with E-state index in [-0.39, 0.29) is 6.04 Å². The van der Waals surface area contributed by atoms with Gasteiger partial charge in [0.05, 0.1) is 23.6 Å². The minimum atomic E-state index is -0.320. The van der Waals surface area contributed by atoms with Crippen LogP contribution in [-0.2, 0) is 0 Å². The number of hydrogen-bond acceptors (Lipinski definition) is 4. The Morgan fingerprint density at radius 1 is 0.913 bits per heavy atom. The Morgan fingerprint density at radius 2 is 1.78 bits per heavy atom. The normalized spacial score (nSPS) is 12.4. The van der Waals surface area contributed by atoms with Crippen LogP contribution in [0.2, 0.25) is 0 Å². The summed E-state index contributed by atoms with van der Waals surface area (Å²) in [5, 5.41) is 4.69. The lowest BCUT2D eigenvalue weighted by molar-refractivity contribution is 0.768. The van der Waals surface area contributed by atoms with Crippen molar-refractivity contribution in [3.05, 3.63) is 84.4 Å². The Bertz CT molecular complexity index is 931. The molecule has 0 amide bonds. The second kappa shape index (κ2) is 5.62. The lowest BCUT2D eigenvalue weighted by Crippen LogP contribution is -2.15. The van der Waals surface area contributed by atoms with E-state index in [0.29, 0.717) is 0 Å². The second-order valence-corrected chi connectivity index (χ2v) is 5.30. The number of hydrogen-bond donors (Lipinski definition) is 1. The monoisotopic (exact) mass is 301 g/mol. The SMILES string of the molecule is NC(c1cccnc1)c1ccc2ncc(-c3ccccc3)n2n1. The van der Waals surface area contributed by atoms with Crippen LogP contribution in [0.3, 0.4) is 0 Å². The van der Waals surface area contributed by atoms with Crippen LogP contribution >= 0.6 is 0 Å². The first-order valence-corrected chi connectivity index (χ1v) is 7.38. The Morgan fingerprint density at radius 3 is 2.57 bits per heavy atom. The molecule has 0 fully saturated rings. The third-order valence-electron chi connectivity index (χ3n) is 3.81. The van der Waals surface area contributed by atoms with Crippen molar-refractivity contribution in [1.82, 2.24) is 19.6 Å². The van der Waals surface area contributed by atoms with Crippen molar-refractivity contribution in [2.24, 2.45) is 5.73 Å². The largest absolute Gasteiger partial charge is 0.319 e. The van der Waals surface area contributed by atoms with Gasteiger partial charge in [-0.05, 0) is 23.8 Å². The number of fused-ring (bicyclic) bond motifs is 1. The summed E-state index contributed by atoms with van der Waals surface area (Å²) in [4.78, 5) is 8.54. The van der Waals surface area contributed by atoms with Crippen molar-refractivity contribution in [2.45, 2.75) is 6.04 Å². The van der Waals surface area contributed by atoms with Crippen LogP contribution in [0.1, 0.15) is 17.3 Å². The highest BCUT2D eigenvalue weighted by molar-refractivity contribution is 5.62. The molecule has 0 bridgehead atoms. The molecule has 112 valence electrons. The van der Waals surface area contributed by atoms with Crippen molar-refractivity contribution >= 4 is 5.65 Å². The van der Waals surface area contributed by atoms with Gasteiger partial charge in [0.25, 0.3) is 0 Å². The van der Waals surface area contributed by atoms with Gasteiger partial charge in [-0.3, -0.25) is 4.98 Å². The van der Waals surface area contributed by atoms with E-state index in [9.17, 15) is 0 Å². The number of pyridine rings is 1. The van der Waals surface area contributed by atoms with Gasteiger partial charge in [-0.15, -0.1) is 0 Å². The van der Waals surface area contributed by atoms with Gasteiger partial charge < -0.3 is 5.73 Å². The standard InChI is InChI=1S/C18H15N5/c19-18(14-7-4-10-20-11-14)15-8-9-17-21-12-16(23(17)22-15)13-5-2-1-3-6-13/h1-12,18H,19H2. The maximum Gasteiger partial charge on any atom is 0.154 e. The first kappa shape index (κ1) is 13.6. The zero-order valence-electron chi connectivity index (χ0n) is 12.4. The van der Waals surface area contributed by atoms with Crippen molar-refractivity contribution in [1.29, 1.82) is 0 Å². The van der Waals surface area contributed by atoms with Crippen molar-refractivity contribution < 1.29 is 0 Å². The number of nitrogens with two attached hydrogens (primary N) is 1. The van der Waals surface area contributed by atoms with Gasteiger partial charge >= 0.3 is 0 Å². The summed E-state index contributed by atoms with van der Waals surface area (Å²) in [6.07, 6.45) is 5.33. The molecule has 5 nitrogen and oxygen atoms in total. The molecule has 23 heavy (non-hydrogen) atoms. The molecule has 0 aliphatic rings. The molecule has 0 radical (unpaired) electrons. The molecule has 5 heteroatoms. The lowest BCUT2D eigenvalue weighted by atomic mass is 10.1. The molecule has 0 spiro atoms. The van der Waals surface area contributed by atoms with Crippen LogP contribution in [-0.4, -0.2) is 19.6 Å². The van der Waals surface area contributed by atoms with Crippen LogP contribution in [0.15, 0.2) is 73.2 Å². The number of aromatic nitrogens is 4. The first-order valence-electron chi connectivity index (χ1n) is 7.38. The van der Waals surface area contributed by atoms with Gasteiger partial charge in [0.15, 0.2) is 5.65 Å². The minimum Gasteiger partial charge on any atom is -0.319 e. The Kier molecular flexibility index (Phi) is 3.33. The molecule has 0 aliphatic carbocycles. The lowest BCUT2D eigenvalue weighted by Gasteiger charge is -2.11. The molecule has 2 N–H and O–H groups in total. The van der Waals surface area contributed by atoms with Gasteiger partial charge in [-0.25, -0.2) is 9.50 Å². The molecule has 0 saturated heterocycles. The van der Waals surface area contributed by atoms with Gasteiger partial charge in [0.2, 0.25) is 0 Å². The molecule has 3 heterocycles. The summed E-state index contributed by atoms with van der Waals surface area (Å²) in [6.45, 7) is 0. The third kappa shape index (κ3) is 2.47. The number of benzene rings is 1. The summed E-state index contributed by atoms with van der Waals surface area (Å²) < 4.78 is 1.83. The van der Waals surface area contributed by atoms with E-state index in [1.165, 1.54) is 0 Å². The molecule has 0 saturated carbocycles. The van der Waals surface area contributed by atoms with E-state index >= 15 is 0 Å². The van der Waals surface area contributed by atoms with E-state index in [2.05, 4.69) is 15.1 Å². The van der Waals surface area contributed by atoms with Crippen LogP contribution in [0.5, 0.6) is 0 Å². The second-order valence-electron chi connectivity index (χ2n) is 5.30. The van der Waals surface area contributed by atoms with E-state index in [0.717, 1.165) is 28.2 Å². The molecule has 4 rings (SSSR count).